The zero-order valence-corrected chi connectivity index (χ0v) is 12.9. The molecule has 0 amide bonds. The van der Waals surface area contributed by atoms with Crippen LogP contribution in [0.3, 0.4) is 0 Å². The van der Waals surface area contributed by atoms with Crippen molar-refractivity contribution in [2.24, 2.45) is 5.73 Å². The molecular weight excluding hydrogens is 262 g/mol. The molecule has 2 aromatic rings. The minimum absolute atomic E-state index is 0.0497. The Kier molecular flexibility index (Phi) is 5.23. The topological polar surface area (TPSA) is 44.5 Å². The molecule has 0 bridgehead atoms. The fraction of sp³-hybridized carbons (Fsp3) is 0.333. The Hall–Kier alpha value is -2.00. The van der Waals surface area contributed by atoms with Gasteiger partial charge < -0.3 is 15.2 Å². The van der Waals surface area contributed by atoms with E-state index in [2.05, 4.69) is 31.2 Å². The molecule has 0 heterocycles. The lowest BCUT2D eigenvalue weighted by Crippen LogP contribution is -2.25. The van der Waals surface area contributed by atoms with Crippen molar-refractivity contribution in [3.8, 4) is 11.5 Å². The molecule has 0 saturated heterocycles. The van der Waals surface area contributed by atoms with Crippen LogP contribution in [0.25, 0.3) is 0 Å². The molecule has 0 saturated carbocycles. The van der Waals surface area contributed by atoms with Crippen molar-refractivity contribution < 1.29 is 9.47 Å². The smallest absolute Gasteiger partial charge is 0.122 e. The molecule has 2 rings (SSSR count). The van der Waals surface area contributed by atoms with Gasteiger partial charge in [0.1, 0.15) is 11.5 Å². The normalized spacial score (nSPS) is 12.0. The quantitative estimate of drug-likeness (QED) is 0.887. The Balaban J connectivity index is 2.07. The Bertz CT molecular complexity index is 578. The van der Waals surface area contributed by atoms with Crippen LogP contribution in [-0.4, -0.2) is 20.3 Å². The van der Waals surface area contributed by atoms with Crippen LogP contribution in [0.1, 0.15) is 16.7 Å². The monoisotopic (exact) mass is 285 g/mol. The fourth-order valence-electron chi connectivity index (χ4n) is 2.42. The summed E-state index contributed by atoms with van der Waals surface area (Å²) in [6.45, 7) is 2.09. The summed E-state index contributed by atoms with van der Waals surface area (Å²) in [4.78, 5) is 0. The molecule has 0 aliphatic carbocycles. The van der Waals surface area contributed by atoms with E-state index < -0.39 is 0 Å². The van der Waals surface area contributed by atoms with Crippen LogP contribution in [0.2, 0.25) is 0 Å². The Morgan fingerprint density at radius 2 is 1.67 bits per heavy atom. The van der Waals surface area contributed by atoms with E-state index in [9.17, 15) is 0 Å². The highest BCUT2D eigenvalue weighted by Crippen LogP contribution is 2.25. The number of nitrogens with two attached hydrogens (primary N) is 1. The van der Waals surface area contributed by atoms with Gasteiger partial charge in [0, 0.05) is 6.04 Å². The van der Waals surface area contributed by atoms with Crippen LogP contribution in [0.5, 0.6) is 11.5 Å². The fourth-order valence-corrected chi connectivity index (χ4v) is 2.42. The minimum Gasteiger partial charge on any atom is -0.497 e. The second-order valence-electron chi connectivity index (χ2n) is 5.33. The average molecular weight is 285 g/mol. The van der Waals surface area contributed by atoms with Gasteiger partial charge in [0.15, 0.2) is 0 Å². The van der Waals surface area contributed by atoms with Gasteiger partial charge in [0.25, 0.3) is 0 Å². The number of benzene rings is 2. The third kappa shape index (κ3) is 4.23. The predicted molar refractivity (Wildman–Crippen MR) is 86.1 cm³/mol. The number of aryl methyl sites for hydroxylation is 1. The van der Waals surface area contributed by atoms with Crippen LogP contribution in [0, 0.1) is 6.92 Å². The lowest BCUT2D eigenvalue weighted by atomic mass is 9.98. The predicted octanol–water partition coefficient (Wildman–Crippen LogP) is 3.12. The second kappa shape index (κ2) is 7.14. The van der Waals surface area contributed by atoms with Gasteiger partial charge in [-0.1, -0.05) is 29.8 Å². The summed E-state index contributed by atoms with van der Waals surface area (Å²) in [5.41, 5.74) is 9.90. The molecular formula is C18H23NO2. The maximum absolute atomic E-state index is 6.29. The number of hydrogen-bond donors (Lipinski definition) is 1. The van der Waals surface area contributed by atoms with Gasteiger partial charge in [-0.3, -0.25) is 0 Å². The standard InChI is InChI=1S/C18H23NO2/c1-13-4-6-14(7-5-13)10-16(19)11-15-12-17(20-2)8-9-18(15)21-3/h4-9,12,16H,10-11,19H2,1-3H3. The third-order valence-electron chi connectivity index (χ3n) is 3.59. The zero-order chi connectivity index (χ0) is 15.2. The van der Waals surface area contributed by atoms with Crippen molar-refractivity contribution in [2.45, 2.75) is 25.8 Å². The largest absolute Gasteiger partial charge is 0.497 e. The van der Waals surface area contributed by atoms with Crippen LogP contribution in [0.15, 0.2) is 42.5 Å². The van der Waals surface area contributed by atoms with E-state index in [4.69, 9.17) is 15.2 Å². The number of ether oxygens (including phenoxy) is 2. The zero-order valence-electron chi connectivity index (χ0n) is 12.9. The van der Waals surface area contributed by atoms with Crippen LogP contribution in [-0.2, 0) is 12.8 Å². The molecule has 3 nitrogen and oxygen atoms in total. The van der Waals surface area contributed by atoms with Crippen molar-refractivity contribution >= 4 is 0 Å². The molecule has 1 atom stereocenters. The van der Waals surface area contributed by atoms with Crippen molar-refractivity contribution in [2.75, 3.05) is 14.2 Å². The van der Waals surface area contributed by atoms with Crippen molar-refractivity contribution in [1.29, 1.82) is 0 Å². The number of rotatable bonds is 6. The highest BCUT2D eigenvalue weighted by molar-refractivity contribution is 5.41. The first-order valence-corrected chi connectivity index (χ1v) is 7.14. The summed E-state index contributed by atoms with van der Waals surface area (Å²) in [5.74, 6) is 1.68. The van der Waals surface area contributed by atoms with Gasteiger partial charge >= 0.3 is 0 Å². The van der Waals surface area contributed by atoms with Crippen molar-refractivity contribution in [1.82, 2.24) is 0 Å². The summed E-state index contributed by atoms with van der Waals surface area (Å²) >= 11 is 0. The van der Waals surface area contributed by atoms with E-state index in [0.29, 0.717) is 0 Å². The molecule has 1 unspecified atom stereocenters. The van der Waals surface area contributed by atoms with E-state index in [1.54, 1.807) is 14.2 Å². The molecule has 0 fully saturated rings. The molecule has 0 radical (unpaired) electrons. The summed E-state index contributed by atoms with van der Waals surface area (Å²) < 4.78 is 10.7. The van der Waals surface area contributed by atoms with E-state index in [1.807, 2.05) is 18.2 Å². The molecule has 0 aliphatic rings. The molecule has 0 aliphatic heterocycles. The van der Waals surface area contributed by atoms with Crippen molar-refractivity contribution in [3.63, 3.8) is 0 Å². The highest BCUT2D eigenvalue weighted by atomic mass is 16.5. The van der Waals surface area contributed by atoms with Gasteiger partial charge in [0.05, 0.1) is 14.2 Å². The first kappa shape index (κ1) is 15.4. The molecule has 0 aromatic heterocycles. The molecule has 21 heavy (non-hydrogen) atoms. The Labute approximate surface area is 126 Å². The van der Waals surface area contributed by atoms with E-state index in [0.717, 1.165) is 29.9 Å². The van der Waals surface area contributed by atoms with Crippen molar-refractivity contribution in [3.05, 3.63) is 59.2 Å². The third-order valence-corrected chi connectivity index (χ3v) is 3.59. The van der Waals surface area contributed by atoms with Crippen LogP contribution in [0.4, 0.5) is 0 Å². The molecule has 3 heteroatoms. The first-order chi connectivity index (χ1) is 10.1. The molecule has 2 aromatic carbocycles. The maximum atomic E-state index is 6.29. The lowest BCUT2D eigenvalue weighted by Gasteiger charge is -2.15. The van der Waals surface area contributed by atoms with Gasteiger partial charge in [0.2, 0.25) is 0 Å². The van der Waals surface area contributed by atoms with Crippen LogP contribution < -0.4 is 15.2 Å². The number of methoxy groups -OCH3 is 2. The Morgan fingerprint density at radius 3 is 2.29 bits per heavy atom. The van der Waals surface area contributed by atoms with Gasteiger partial charge in [-0.25, -0.2) is 0 Å². The van der Waals surface area contributed by atoms with E-state index in [1.165, 1.54) is 11.1 Å². The summed E-state index contributed by atoms with van der Waals surface area (Å²) in [7, 11) is 3.34. The summed E-state index contributed by atoms with van der Waals surface area (Å²) in [6.07, 6.45) is 1.61. The first-order valence-electron chi connectivity index (χ1n) is 7.14. The second-order valence-corrected chi connectivity index (χ2v) is 5.33. The van der Waals surface area contributed by atoms with Crippen LogP contribution >= 0.6 is 0 Å². The Morgan fingerprint density at radius 1 is 0.952 bits per heavy atom. The lowest BCUT2D eigenvalue weighted by molar-refractivity contribution is 0.397. The SMILES string of the molecule is COc1ccc(OC)c(CC(N)Cc2ccc(C)cc2)c1. The van der Waals surface area contributed by atoms with E-state index >= 15 is 0 Å². The summed E-state index contributed by atoms with van der Waals surface area (Å²) in [6, 6.07) is 14.4. The van der Waals surface area contributed by atoms with Gasteiger partial charge in [-0.15, -0.1) is 0 Å². The molecule has 112 valence electrons. The van der Waals surface area contributed by atoms with Gasteiger partial charge in [-0.2, -0.15) is 0 Å². The minimum atomic E-state index is 0.0497. The molecule has 2 N–H and O–H groups in total. The maximum Gasteiger partial charge on any atom is 0.122 e. The highest BCUT2D eigenvalue weighted by Gasteiger charge is 2.11. The van der Waals surface area contributed by atoms with Gasteiger partial charge in [-0.05, 0) is 49.1 Å². The average Bonchev–Trinajstić information content (AvgIpc) is 2.49. The molecule has 0 spiro atoms. The van der Waals surface area contributed by atoms with E-state index in [-0.39, 0.29) is 6.04 Å². The number of hydrogen-bond acceptors (Lipinski definition) is 3. The summed E-state index contributed by atoms with van der Waals surface area (Å²) in [5, 5.41) is 0.